The topological polar surface area (TPSA) is 37.8 Å². The van der Waals surface area contributed by atoms with E-state index in [1.54, 1.807) is 5.51 Å². The van der Waals surface area contributed by atoms with Crippen molar-refractivity contribution in [2.24, 2.45) is 0 Å². The molecule has 0 fully saturated rings. The predicted molar refractivity (Wildman–Crippen MR) is 58.3 cm³/mol. The van der Waals surface area contributed by atoms with Crippen molar-refractivity contribution in [3.63, 3.8) is 0 Å². The highest BCUT2D eigenvalue weighted by Gasteiger charge is 2.11. The molecule has 0 bridgehead atoms. The number of anilines is 1. The first-order chi connectivity index (χ1) is 8.08. The number of nitrogens with zero attached hydrogens (tertiary/aromatic N) is 2. The summed E-state index contributed by atoms with van der Waals surface area (Å²) in [5.74, 6) is -3.86. The maximum Gasteiger partial charge on any atom is 0.251 e. The summed E-state index contributed by atoms with van der Waals surface area (Å²) in [6.45, 7) is 2.08. The zero-order chi connectivity index (χ0) is 12.4. The van der Waals surface area contributed by atoms with E-state index >= 15 is 0 Å². The number of rotatable bonds is 3. The fourth-order valence-electron chi connectivity index (χ4n) is 1.23. The molecule has 0 aliphatic heterocycles. The lowest BCUT2D eigenvalue weighted by Gasteiger charge is -2.06. The molecule has 2 heterocycles. The van der Waals surface area contributed by atoms with Crippen LogP contribution in [0, 0.1) is 24.5 Å². The standard InChI is InChI=1S/C10H8F3N3S/c1-5-8(17-4-15-5)3-14-10-7(12)2-6(11)9(13)16-10/h2,4H,3H2,1H3,(H,14,16). The zero-order valence-electron chi connectivity index (χ0n) is 8.80. The van der Waals surface area contributed by atoms with Crippen LogP contribution in [0.4, 0.5) is 19.0 Å². The second kappa shape index (κ2) is 4.70. The summed E-state index contributed by atoms with van der Waals surface area (Å²) in [6.07, 6.45) is 0. The second-order valence-electron chi connectivity index (χ2n) is 3.31. The fourth-order valence-corrected chi connectivity index (χ4v) is 1.94. The molecule has 0 spiro atoms. The summed E-state index contributed by atoms with van der Waals surface area (Å²) in [5, 5.41) is 2.60. The second-order valence-corrected chi connectivity index (χ2v) is 4.25. The van der Waals surface area contributed by atoms with Gasteiger partial charge >= 0.3 is 0 Å². The maximum atomic E-state index is 13.2. The van der Waals surface area contributed by atoms with Crippen molar-refractivity contribution in [3.05, 3.63) is 39.7 Å². The molecule has 2 rings (SSSR count). The van der Waals surface area contributed by atoms with E-state index in [1.807, 2.05) is 6.92 Å². The minimum absolute atomic E-state index is 0.269. The van der Waals surface area contributed by atoms with Crippen LogP contribution in [0.3, 0.4) is 0 Å². The molecule has 0 aliphatic rings. The molecule has 7 heteroatoms. The van der Waals surface area contributed by atoms with Crippen LogP contribution >= 0.6 is 11.3 Å². The summed E-state index contributed by atoms with van der Waals surface area (Å²) >= 11 is 1.39. The molecule has 17 heavy (non-hydrogen) atoms. The predicted octanol–water partition coefficient (Wildman–Crippen LogP) is 2.88. The highest BCUT2D eigenvalue weighted by molar-refractivity contribution is 7.09. The molecule has 0 radical (unpaired) electrons. The lowest BCUT2D eigenvalue weighted by molar-refractivity contribution is 0.466. The molecule has 0 amide bonds. The van der Waals surface area contributed by atoms with Gasteiger partial charge in [0.1, 0.15) is 0 Å². The first-order valence-corrected chi connectivity index (χ1v) is 5.60. The van der Waals surface area contributed by atoms with E-state index in [0.29, 0.717) is 6.07 Å². The van der Waals surface area contributed by atoms with Crippen LogP contribution in [0.25, 0.3) is 0 Å². The van der Waals surface area contributed by atoms with E-state index in [0.717, 1.165) is 10.6 Å². The summed E-state index contributed by atoms with van der Waals surface area (Å²) in [5.41, 5.74) is 2.46. The van der Waals surface area contributed by atoms with Crippen molar-refractivity contribution in [3.8, 4) is 0 Å². The Hall–Kier alpha value is -1.63. The van der Waals surface area contributed by atoms with Crippen LogP contribution in [-0.2, 0) is 6.54 Å². The lowest BCUT2D eigenvalue weighted by Crippen LogP contribution is -2.06. The number of hydrogen-bond donors (Lipinski definition) is 1. The van der Waals surface area contributed by atoms with Crippen LogP contribution in [0.1, 0.15) is 10.6 Å². The van der Waals surface area contributed by atoms with Crippen molar-refractivity contribution < 1.29 is 13.2 Å². The largest absolute Gasteiger partial charge is 0.363 e. The van der Waals surface area contributed by atoms with Gasteiger partial charge in [-0.15, -0.1) is 11.3 Å². The Balaban J connectivity index is 2.14. The van der Waals surface area contributed by atoms with E-state index in [-0.39, 0.29) is 12.4 Å². The summed E-state index contributed by atoms with van der Waals surface area (Å²) < 4.78 is 38.6. The first-order valence-electron chi connectivity index (χ1n) is 4.72. The molecule has 0 unspecified atom stereocenters. The van der Waals surface area contributed by atoms with E-state index in [4.69, 9.17) is 0 Å². The molecule has 0 saturated carbocycles. The maximum absolute atomic E-state index is 13.2. The van der Waals surface area contributed by atoms with E-state index in [1.165, 1.54) is 11.3 Å². The molecular formula is C10H8F3N3S. The van der Waals surface area contributed by atoms with Gasteiger partial charge in [-0.05, 0) is 6.92 Å². The molecular weight excluding hydrogens is 251 g/mol. The van der Waals surface area contributed by atoms with E-state index in [9.17, 15) is 13.2 Å². The molecule has 0 atom stereocenters. The van der Waals surface area contributed by atoms with Crippen molar-refractivity contribution in [1.82, 2.24) is 9.97 Å². The third-order valence-corrected chi connectivity index (χ3v) is 3.08. The van der Waals surface area contributed by atoms with Gasteiger partial charge in [0.15, 0.2) is 17.5 Å². The highest BCUT2D eigenvalue weighted by atomic mass is 32.1. The van der Waals surface area contributed by atoms with Gasteiger partial charge in [-0.25, -0.2) is 13.8 Å². The Labute approximate surface area is 99.3 Å². The van der Waals surface area contributed by atoms with Crippen LogP contribution in [0.15, 0.2) is 11.6 Å². The van der Waals surface area contributed by atoms with Gasteiger partial charge in [-0.1, -0.05) is 0 Å². The van der Waals surface area contributed by atoms with Crippen molar-refractivity contribution >= 4 is 17.2 Å². The lowest BCUT2D eigenvalue weighted by atomic mass is 10.3. The zero-order valence-corrected chi connectivity index (χ0v) is 9.61. The Morgan fingerprint density at radius 2 is 2.06 bits per heavy atom. The van der Waals surface area contributed by atoms with Gasteiger partial charge in [-0.2, -0.15) is 9.37 Å². The quantitative estimate of drug-likeness (QED) is 0.861. The fraction of sp³-hybridized carbons (Fsp3) is 0.200. The minimum atomic E-state index is -1.32. The molecule has 3 nitrogen and oxygen atoms in total. The Morgan fingerprint density at radius 3 is 2.71 bits per heavy atom. The van der Waals surface area contributed by atoms with Crippen LogP contribution in [0.2, 0.25) is 0 Å². The normalized spacial score (nSPS) is 10.6. The number of aromatic nitrogens is 2. The number of aryl methyl sites for hydroxylation is 1. The van der Waals surface area contributed by atoms with Crippen molar-refractivity contribution in [1.29, 1.82) is 0 Å². The summed E-state index contributed by atoms with van der Waals surface area (Å²) in [4.78, 5) is 8.06. The number of pyridine rings is 1. The SMILES string of the molecule is Cc1ncsc1CNc1nc(F)c(F)cc1F. The molecule has 1 N–H and O–H groups in total. The Morgan fingerprint density at radius 1 is 1.29 bits per heavy atom. The average Bonchev–Trinajstić information content (AvgIpc) is 2.68. The molecule has 90 valence electrons. The molecule has 0 aliphatic carbocycles. The number of hydrogen-bond acceptors (Lipinski definition) is 4. The van der Waals surface area contributed by atoms with Crippen molar-refractivity contribution in [2.45, 2.75) is 13.5 Å². The minimum Gasteiger partial charge on any atom is -0.363 e. The molecule has 0 saturated heterocycles. The average molecular weight is 259 g/mol. The molecule has 2 aromatic heterocycles. The van der Waals surface area contributed by atoms with E-state index < -0.39 is 17.6 Å². The van der Waals surface area contributed by atoms with Gasteiger partial charge in [0.2, 0.25) is 0 Å². The first kappa shape index (κ1) is 11.8. The molecule has 2 aromatic rings. The van der Waals surface area contributed by atoms with Crippen LogP contribution in [-0.4, -0.2) is 9.97 Å². The summed E-state index contributed by atoms with van der Waals surface area (Å²) in [6, 6.07) is 0.462. The van der Waals surface area contributed by atoms with Crippen LogP contribution < -0.4 is 5.32 Å². The van der Waals surface area contributed by atoms with Gasteiger partial charge < -0.3 is 5.32 Å². The Kier molecular flexibility index (Phi) is 3.28. The van der Waals surface area contributed by atoms with Crippen molar-refractivity contribution in [2.75, 3.05) is 5.32 Å². The van der Waals surface area contributed by atoms with E-state index in [2.05, 4.69) is 15.3 Å². The van der Waals surface area contributed by atoms with Gasteiger partial charge in [-0.3, -0.25) is 0 Å². The smallest absolute Gasteiger partial charge is 0.251 e. The summed E-state index contributed by atoms with van der Waals surface area (Å²) in [7, 11) is 0. The highest BCUT2D eigenvalue weighted by Crippen LogP contribution is 2.17. The third-order valence-electron chi connectivity index (χ3n) is 2.15. The monoisotopic (exact) mass is 259 g/mol. The Bertz CT molecular complexity index is 542. The number of halogens is 3. The number of thiazole rings is 1. The third kappa shape index (κ3) is 2.55. The van der Waals surface area contributed by atoms with Gasteiger partial charge in [0, 0.05) is 10.9 Å². The van der Waals surface area contributed by atoms with Gasteiger partial charge in [0.05, 0.1) is 17.7 Å². The van der Waals surface area contributed by atoms with Crippen LogP contribution in [0.5, 0.6) is 0 Å². The van der Waals surface area contributed by atoms with Gasteiger partial charge in [0.25, 0.3) is 5.95 Å². The molecule has 0 aromatic carbocycles. The number of nitrogens with one attached hydrogen (secondary N) is 1.